The Labute approximate surface area is 101 Å². The van der Waals surface area contributed by atoms with E-state index in [0.29, 0.717) is 13.0 Å². The highest BCUT2D eigenvalue weighted by Crippen LogP contribution is 1.98. The molecule has 3 N–H and O–H groups in total. The van der Waals surface area contributed by atoms with Gasteiger partial charge in [0.05, 0.1) is 19.0 Å². The van der Waals surface area contributed by atoms with Gasteiger partial charge >= 0.3 is 5.97 Å². The van der Waals surface area contributed by atoms with Gasteiger partial charge in [-0.05, 0) is 13.8 Å². The zero-order valence-electron chi connectivity index (χ0n) is 10.2. The Kier molecular flexibility index (Phi) is 5.65. The maximum atomic E-state index is 11.5. The van der Waals surface area contributed by atoms with Crippen LogP contribution in [0.25, 0.3) is 0 Å². The Morgan fingerprint density at radius 1 is 1.53 bits per heavy atom. The molecule has 96 valence electrons. The van der Waals surface area contributed by atoms with Crippen molar-refractivity contribution >= 4 is 5.97 Å². The molecule has 0 amide bonds. The third kappa shape index (κ3) is 5.46. The van der Waals surface area contributed by atoms with Crippen LogP contribution >= 0.6 is 0 Å². The molecule has 0 saturated heterocycles. The third-order valence-corrected chi connectivity index (χ3v) is 2.08. The van der Waals surface area contributed by atoms with Gasteiger partial charge in [0.1, 0.15) is 12.6 Å². The van der Waals surface area contributed by atoms with Gasteiger partial charge in [-0.2, -0.15) is 0 Å². The predicted molar refractivity (Wildman–Crippen MR) is 62.3 cm³/mol. The number of nitrogens with two attached hydrogens (primary N) is 1. The van der Waals surface area contributed by atoms with Crippen molar-refractivity contribution in [2.24, 2.45) is 5.73 Å². The summed E-state index contributed by atoms with van der Waals surface area (Å²) >= 11 is 0. The lowest BCUT2D eigenvalue weighted by molar-refractivity contribution is -0.147. The van der Waals surface area contributed by atoms with Crippen LogP contribution < -0.4 is 5.73 Å². The van der Waals surface area contributed by atoms with Gasteiger partial charge in [0, 0.05) is 18.3 Å². The van der Waals surface area contributed by atoms with Gasteiger partial charge in [0.2, 0.25) is 0 Å². The van der Waals surface area contributed by atoms with Gasteiger partial charge in [-0.15, -0.1) is 0 Å². The Balaban J connectivity index is 2.18. The summed E-state index contributed by atoms with van der Waals surface area (Å²) in [6.45, 7) is 4.46. The molecule has 0 aliphatic rings. The second kappa shape index (κ2) is 7.03. The molecule has 6 nitrogen and oxygen atoms in total. The van der Waals surface area contributed by atoms with Crippen molar-refractivity contribution in [3.05, 3.63) is 18.2 Å². The highest BCUT2D eigenvalue weighted by molar-refractivity contribution is 5.75. The largest absolute Gasteiger partial charge is 0.462 e. The first-order valence-corrected chi connectivity index (χ1v) is 5.60. The Morgan fingerprint density at radius 3 is 2.88 bits per heavy atom. The molecule has 1 aromatic rings. The lowest BCUT2D eigenvalue weighted by Crippen LogP contribution is -2.35. The van der Waals surface area contributed by atoms with Gasteiger partial charge in [-0.25, -0.2) is 4.98 Å². The minimum atomic E-state index is -0.672. The van der Waals surface area contributed by atoms with E-state index in [1.54, 1.807) is 12.5 Å². The lowest BCUT2D eigenvalue weighted by Gasteiger charge is -2.11. The molecule has 17 heavy (non-hydrogen) atoms. The van der Waals surface area contributed by atoms with E-state index in [1.165, 1.54) is 0 Å². The highest BCUT2D eigenvalue weighted by atomic mass is 16.6. The van der Waals surface area contributed by atoms with Gasteiger partial charge in [-0.1, -0.05) is 0 Å². The summed E-state index contributed by atoms with van der Waals surface area (Å²) in [4.78, 5) is 18.2. The van der Waals surface area contributed by atoms with Crippen molar-refractivity contribution in [2.75, 3.05) is 13.2 Å². The van der Waals surface area contributed by atoms with E-state index in [1.807, 2.05) is 13.8 Å². The number of esters is 1. The summed E-state index contributed by atoms with van der Waals surface area (Å²) in [5, 5.41) is 0. The van der Waals surface area contributed by atoms with Crippen LogP contribution in [0.4, 0.5) is 0 Å². The Hall–Kier alpha value is -1.40. The molecule has 1 heterocycles. The number of rotatable bonds is 7. The van der Waals surface area contributed by atoms with Crippen molar-refractivity contribution in [3.8, 4) is 0 Å². The lowest BCUT2D eigenvalue weighted by atomic mass is 10.2. The fourth-order valence-electron chi connectivity index (χ4n) is 1.25. The maximum Gasteiger partial charge on any atom is 0.323 e. The number of imidazole rings is 1. The van der Waals surface area contributed by atoms with Crippen LogP contribution in [0.1, 0.15) is 19.5 Å². The Bertz CT molecular complexity index is 325. The summed E-state index contributed by atoms with van der Waals surface area (Å²) in [6.07, 6.45) is 3.70. The predicted octanol–water partition coefficient (Wildman–Crippen LogP) is 0.248. The second-order valence-corrected chi connectivity index (χ2v) is 3.97. The van der Waals surface area contributed by atoms with Crippen LogP contribution in [0.5, 0.6) is 0 Å². The summed E-state index contributed by atoms with van der Waals surface area (Å²) < 4.78 is 10.2. The first-order valence-electron chi connectivity index (χ1n) is 5.60. The quantitative estimate of drug-likeness (QED) is 0.527. The van der Waals surface area contributed by atoms with Crippen LogP contribution in [-0.2, 0) is 20.7 Å². The van der Waals surface area contributed by atoms with Crippen molar-refractivity contribution in [1.82, 2.24) is 9.97 Å². The molecule has 0 aromatic carbocycles. The first kappa shape index (κ1) is 13.7. The van der Waals surface area contributed by atoms with Gasteiger partial charge in [0.25, 0.3) is 0 Å². The second-order valence-electron chi connectivity index (χ2n) is 3.97. The molecule has 0 aliphatic heterocycles. The highest BCUT2D eigenvalue weighted by Gasteiger charge is 2.16. The molecule has 0 unspecified atom stereocenters. The number of aromatic nitrogens is 2. The summed E-state index contributed by atoms with van der Waals surface area (Å²) in [6, 6.07) is -0.672. The van der Waals surface area contributed by atoms with E-state index in [0.717, 1.165) is 5.69 Å². The van der Waals surface area contributed by atoms with Gasteiger partial charge < -0.3 is 20.2 Å². The van der Waals surface area contributed by atoms with E-state index in [9.17, 15) is 4.79 Å². The number of carbonyl (C=O) groups excluding carboxylic acids is 1. The number of nitrogens with one attached hydrogen (secondary N) is 1. The molecule has 0 spiro atoms. The van der Waals surface area contributed by atoms with E-state index in [2.05, 4.69) is 9.97 Å². The third-order valence-electron chi connectivity index (χ3n) is 2.08. The molecule has 1 atom stereocenters. The van der Waals surface area contributed by atoms with Crippen molar-refractivity contribution in [1.29, 1.82) is 0 Å². The molecule has 0 saturated carbocycles. The van der Waals surface area contributed by atoms with E-state index in [4.69, 9.17) is 15.2 Å². The van der Waals surface area contributed by atoms with E-state index in [-0.39, 0.29) is 12.7 Å². The Morgan fingerprint density at radius 2 is 2.29 bits per heavy atom. The van der Waals surface area contributed by atoms with Crippen LogP contribution in [0.3, 0.4) is 0 Å². The topological polar surface area (TPSA) is 90.2 Å². The van der Waals surface area contributed by atoms with Crippen molar-refractivity contribution < 1.29 is 14.3 Å². The normalized spacial score (nSPS) is 12.7. The number of ether oxygens (including phenoxy) is 2. The molecular weight excluding hydrogens is 222 g/mol. The molecule has 0 bridgehead atoms. The standard InChI is InChI=1S/C11H19N3O3/c1-8(2)16-3-4-17-11(15)10(12)5-9-6-13-7-14-9/h6-8,10H,3-5,12H2,1-2H3,(H,13,14)/t10-/m0/s1. The average Bonchev–Trinajstić information content (AvgIpc) is 2.76. The number of hydrogen-bond acceptors (Lipinski definition) is 5. The van der Waals surface area contributed by atoms with Crippen LogP contribution in [-0.4, -0.2) is 41.3 Å². The molecular formula is C11H19N3O3. The minimum absolute atomic E-state index is 0.132. The van der Waals surface area contributed by atoms with Crippen molar-refractivity contribution in [3.63, 3.8) is 0 Å². The number of aromatic amines is 1. The monoisotopic (exact) mass is 241 g/mol. The van der Waals surface area contributed by atoms with Gasteiger partial charge in [-0.3, -0.25) is 4.79 Å². The molecule has 0 aliphatic carbocycles. The smallest absolute Gasteiger partial charge is 0.323 e. The molecule has 1 rings (SSSR count). The van der Waals surface area contributed by atoms with E-state index < -0.39 is 12.0 Å². The van der Waals surface area contributed by atoms with Crippen LogP contribution in [0.15, 0.2) is 12.5 Å². The fourth-order valence-corrected chi connectivity index (χ4v) is 1.25. The van der Waals surface area contributed by atoms with E-state index >= 15 is 0 Å². The van der Waals surface area contributed by atoms with Gasteiger partial charge in [0.15, 0.2) is 0 Å². The summed E-state index contributed by atoms with van der Waals surface area (Å²) in [5.41, 5.74) is 6.50. The zero-order chi connectivity index (χ0) is 12.7. The summed E-state index contributed by atoms with van der Waals surface area (Å²) in [5.74, 6) is -0.424. The number of H-pyrrole nitrogens is 1. The summed E-state index contributed by atoms with van der Waals surface area (Å²) in [7, 11) is 0. The number of carbonyl (C=O) groups is 1. The minimum Gasteiger partial charge on any atom is -0.462 e. The van der Waals surface area contributed by atoms with Crippen LogP contribution in [0.2, 0.25) is 0 Å². The molecule has 6 heteroatoms. The molecule has 0 radical (unpaired) electrons. The molecule has 1 aromatic heterocycles. The number of hydrogen-bond donors (Lipinski definition) is 2. The average molecular weight is 241 g/mol. The van der Waals surface area contributed by atoms with Crippen molar-refractivity contribution in [2.45, 2.75) is 32.4 Å². The number of nitrogens with zero attached hydrogens (tertiary/aromatic N) is 1. The zero-order valence-corrected chi connectivity index (χ0v) is 10.2. The maximum absolute atomic E-state index is 11.5. The molecule has 0 fully saturated rings. The van der Waals surface area contributed by atoms with Crippen LogP contribution in [0, 0.1) is 0 Å². The fraction of sp³-hybridized carbons (Fsp3) is 0.636. The SMILES string of the molecule is CC(C)OCCOC(=O)[C@@H](N)Cc1cnc[nH]1. The first-order chi connectivity index (χ1) is 8.09.